The summed E-state index contributed by atoms with van der Waals surface area (Å²) in [5.41, 5.74) is -0.447. The fourth-order valence-electron chi connectivity index (χ4n) is 4.90. The van der Waals surface area contributed by atoms with Crippen molar-refractivity contribution in [1.82, 2.24) is 0 Å². The highest BCUT2D eigenvalue weighted by Gasteiger charge is 2.54. The number of ketones is 1. The summed E-state index contributed by atoms with van der Waals surface area (Å²) in [5, 5.41) is 10.1. The summed E-state index contributed by atoms with van der Waals surface area (Å²) >= 11 is 0. The van der Waals surface area contributed by atoms with Crippen LogP contribution < -0.4 is 0 Å². The van der Waals surface area contributed by atoms with E-state index < -0.39 is 5.60 Å². The molecule has 2 fully saturated rings. The van der Waals surface area contributed by atoms with Gasteiger partial charge in [-0.1, -0.05) is 39.8 Å². The standard InChI is InChI=1S/C20H34O2/c1-14(19(4,5)22)11-13-18(2,3)17-10-9-15-16(21)8-7-12-20(15,17)6/h11,13-15,17,22H,7-10,12H2,1-6H3/b13-11+/t14-,15-,17+,20-/m0/s1. The maximum atomic E-state index is 12.3. The van der Waals surface area contributed by atoms with Crippen LogP contribution in [0.5, 0.6) is 0 Å². The number of aliphatic hydroxyl groups is 1. The van der Waals surface area contributed by atoms with Crippen molar-refractivity contribution >= 4 is 5.78 Å². The Bertz CT molecular complexity index is 455. The Labute approximate surface area is 136 Å². The third kappa shape index (κ3) is 3.18. The second kappa shape index (κ2) is 5.78. The topological polar surface area (TPSA) is 37.3 Å². The molecule has 2 saturated carbocycles. The molecule has 0 saturated heterocycles. The number of Topliss-reactive ketones (excluding diaryl/α,β-unsaturated/α-hetero) is 1. The first kappa shape index (κ1) is 17.7. The molecule has 0 aromatic heterocycles. The predicted octanol–water partition coefficient (Wildman–Crippen LogP) is 4.76. The molecule has 4 atom stereocenters. The second-order valence-electron chi connectivity index (χ2n) is 9.13. The first-order valence-corrected chi connectivity index (χ1v) is 8.93. The lowest BCUT2D eigenvalue weighted by atomic mass is 9.58. The number of carbonyl (C=O) groups excluding carboxylic acids is 1. The number of hydrogen-bond acceptors (Lipinski definition) is 2. The van der Waals surface area contributed by atoms with Crippen molar-refractivity contribution in [2.45, 2.75) is 79.2 Å². The van der Waals surface area contributed by atoms with Gasteiger partial charge >= 0.3 is 0 Å². The molecule has 0 unspecified atom stereocenters. The van der Waals surface area contributed by atoms with Gasteiger partial charge in [-0.2, -0.15) is 0 Å². The zero-order valence-corrected chi connectivity index (χ0v) is 15.3. The fourth-order valence-corrected chi connectivity index (χ4v) is 4.90. The summed E-state index contributed by atoms with van der Waals surface area (Å²) in [6, 6.07) is 0. The molecule has 2 nitrogen and oxygen atoms in total. The van der Waals surface area contributed by atoms with E-state index in [1.54, 1.807) is 0 Å². The van der Waals surface area contributed by atoms with Crippen molar-refractivity contribution in [2.75, 3.05) is 0 Å². The molecular formula is C20H34O2. The lowest BCUT2D eigenvalue weighted by Gasteiger charge is -2.45. The molecule has 0 aromatic carbocycles. The lowest BCUT2D eigenvalue weighted by molar-refractivity contribution is -0.130. The molecule has 22 heavy (non-hydrogen) atoms. The molecule has 2 rings (SSSR count). The van der Waals surface area contributed by atoms with E-state index in [9.17, 15) is 9.90 Å². The summed E-state index contributed by atoms with van der Waals surface area (Å²) in [5.74, 6) is 1.47. The van der Waals surface area contributed by atoms with Crippen LogP contribution in [0.4, 0.5) is 0 Å². The van der Waals surface area contributed by atoms with Gasteiger partial charge in [-0.25, -0.2) is 0 Å². The minimum Gasteiger partial charge on any atom is -0.390 e. The average Bonchev–Trinajstić information content (AvgIpc) is 2.74. The van der Waals surface area contributed by atoms with Gasteiger partial charge in [0.05, 0.1) is 5.60 Å². The molecule has 0 amide bonds. The second-order valence-corrected chi connectivity index (χ2v) is 9.13. The normalized spacial score (nSPS) is 35.0. The van der Waals surface area contributed by atoms with Gasteiger partial charge in [0, 0.05) is 18.3 Å². The van der Waals surface area contributed by atoms with Gasteiger partial charge in [-0.05, 0) is 56.3 Å². The van der Waals surface area contributed by atoms with Crippen LogP contribution in [0.15, 0.2) is 12.2 Å². The molecule has 0 heterocycles. The van der Waals surface area contributed by atoms with Crippen molar-refractivity contribution in [3.63, 3.8) is 0 Å². The van der Waals surface area contributed by atoms with Gasteiger partial charge in [0.25, 0.3) is 0 Å². The number of fused-ring (bicyclic) bond motifs is 1. The van der Waals surface area contributed by atoms with E-state index in [2.05, 4.69) is 39.8 Å². The van der Waals surface area contributed by atoms with Crippen LogP contribution in [0.3, 0.4) is 0 Å². The van der Waals surface area contributed by atoms with E-state index in [0.29, 0.717) is 11.7 Å². The van der Waals surface area contributed by atoms with Gasteiger partial charge in [0.2, 0.25) is 0 Å². The molecule has 2 aliphatic carbocycles. The van der Waals surface area contributed by atoms with Crippen LogP contribution in [-0.2, 0) is 4.79 Å². The number of carbonyl (C=O) groups is 1. The Morgan fingerprint density at radius 2 is 1.91 bits per heavy atom. The molecule has 0 aliphatic heterocycles. The highest BCUT2D eigenvalue weighted by Crippen LogP contribution is 2.59. The Morgan fingerprint density at radius 3 is 2.50 bits per heavy atom. The van der Waals surface area contributed by atoms with E-state index in [4.69, 9.17) is 0 Å². The van der Waals surface area contributed by atoms with Crippen molar-refractivity contribution in [3.8, 4) is 0 Å². The maximum absolute atomic E-state index is 12.3. The van der Waals surface area contributed by atoms with E-state index in [-0.39, 0.29) is 22.7 Å². The quantitative estimate of drug-likeness (QED) is 0.760. The van der Waals surface area contributed by atoms with Crippen LogP contribution >= 0.6 is 0 Å². The molecule has 1 N–H and O–H groups in total. The Balaban J connectivity index is 2.19. The Morgan fingerprint density at radius 1 is 1.27 bits per heavy atom. The maximum Gasteiger partial charge on any atom is 0.136 e. The molecule has 0 radical (unpaired) electrons. The van der Waals surface area contributed by atoms with Crippen LogP contribution in [0.25, 0.3) is 0 Å². The van der Waals surface area contributed by atoms with Crippen LogP contribution in [0.1, 0.15) is 73.6 Å². The zero-order chi connectivity index (χ0) is 16.8. The molecule has 0 aromatic rings. The number of hydrogen-bond donors (Lipinski definition) is 1. The van der Waals surface area contributed by atoms with Crippen LogP contribution in [0, 0.1) is 28.6 Å². The van der Waals surface area contributed by atoms with Gasteiger partial charge in [0.15, 0.2) is 0 Å². The molecule has 2 heteroatoms. The summed E-state index contributed by atoms with van der Waals surface area (Å²) in [4.78, 5) is 12.3. The minimum absolute atomic E-state index is 0.0701. The number of rotatable bonds is 4. The first-order valence-electron chi connectivity index (χ1n) is 8.93. The third-order valence-electron chi connectivity index (χ3n) is 6.69. The van der Waals surface area contributed by atoms with Crippen LogP contribution in [-0.4, -0.2) is 16.5 Å². The first-order chi connectivity index (χ1) is 9.98. The Hall–Kier alpha value is -0.630. The summed E-state index contributed by atoms with van der Waals surface area (Å²) < 4.78 is 0. The molecule has 2 aliphatic rings. The largest absolute Gasteiger partial charge is 0.390 e. The highest BCUT2D eigenvalue weighted by molar-refractivity contribution is 5.83. The summed E-state index contributed by atoms with van der Waals surface area (Å²) in [6.07, 6.45) is 9.72. The van der Waals surface area contributed by atoms with E-state index >= 15 is 0 Å². The van der Waals surface area contributed by atoms with E-state index in [1.807, 2.05) is 13.8 Å². The summed E-state index contributed by atoms with van der Waals surface area (Å²) in [7, 11) is 0. The van der Waals surface area contributed by atoms with Crippen molar-refractivity contribution in [2.24, 2.45) is 28.6 Å². The van der Waals surface area contributed by atoms with E-state index in [1.165, 1.54) is 6.42 Å². The minimum atomic E-state index is -0.685. The van der Waals surface area contributed by atoms with Crippen molar-refractivity contribution in [3.05, 3.63) is 12.2 Å². The van der Waals surface area contributed by atoms with Gasteiger partial charge in [0.1, 0.15) is 5.78 Å². The monoisotopic (exact) mass is 306 g/mol. The van der Waals surface area contributed by atoms with Crippen molar-refractivity contribution in [1.29, 1.82) is 0 Å². The molecule has 0 spiro atoms. The van der Waals surface area contributed by atoms with Gasteiger partial charge < -0.3 is 5.11 Å². The smallest absolute Gasteiger partial charge is 0.136 e. The van der Waals surface area contributed by atoms with Gasteiger partial charge in [-0.3, -0.25) is 4.79 Å². The molecule has 126 valence electrons. The SMILES string of the molecule is C[C@@H](/C=C/C(C)(C)[C@H]1CC[C@H]2C(=O)CCC[C@]12C)C(C)(C)O. The van der Waals surface area contributed by atoms with E-state index in [0.717, 1.165) is 25.7 Å². The third-order valence-corrected chi connectivity index (χ3v) is 6.69. The predicted molar refractivity (Wildman–Crippen MR) is 91.6 cm³/mol. The average molecular weight is 306 g/mol. The number of allylic oxidation sites excluding steroid dienone is 1. The van der Waals surface area contributed by atoms with Crippen LogP contribution in [0.2, 0.25) is 0 Å². The zero-order valence-electron chi connectivity index (χ0n) is 15.3. The molecule has 0 bridgehead atoms. The van der Waals surface area contributed by atoms with Crippen molar-refractivity contribution < 1.29 is 9.90 Å². The fraction of sp³-hybridized carbons (Fsp3) is 0.850. The lowest BCUT2D eigenvalue weighted by Crippen LogP contribution is -2.42. The summed E-state index contributed by atoms with van der Waals surface area (Å²) in [6.45, 7) is 12.7. The van der Waals surface area contributed by atoms with Gasteiger partial charge in [-0.15, -0.1) is 0 Å². The highest BCUT2D eigenvalue weighted by atomic mass is 16.3. The molecular weight excluding hydrogens is 272 g/mol. The Kier molecular flexibility index (Phi) is 4.65.